The summed E-state index contributed by atoms with van der Waals surface area (Å²) in [6, 6.07) is 35.8. The van der Waals surface area contributed by atoms with E-state index in [4.69, 9.17) is 28.9 Å². The number of halogens is 1. The largest absolute Gasteiger partial charge is 0.497 e. The number of benzene rings is 6. The molecule has 318 valence electrons. The van der Waals surface area contributed by atoms with Crippen molar-refractivity contribution in [2.45, 2.75) is 41.5 Å². The number of hydrogen-bond acceptors (Lipinski definition) is 10. The summed E-state index contributed by atoms with van der Waals surface area (Å²) in [6.45, 7) is 12.0. The molecule has 0 saturated heterocycles. The van der Waals surface area contributed by atoms with Gasteiger partial charge in [-0.2, -0.15) is 0 Å². The van der Waals surface area contributed by atoms with Gasteiger partial charge in [0.15, 0.2) is 17.5 Å². The van der Waals surface area contributed by atoms with E-state index in [1.807, 2.05) is 133 Å². The lowest BCUT2D eigenvalue weighted by Gasteiger charge is -2.11. The second-order valence-electron chi connectivity index (χ2n) is 14.9. The zero-order valence-electron chi connectivity index (χ0n) is 37.2. The zero-order valence-corrected chi connectivity index (χ0v) is 37.2. The molecule has 0 aliphatic heterocycles. The second kappa shape index (κ2) is 19.0. The Hall–Kier alpha value is -7.53. The number of aryl methyl sites for hydroxylation is 6. The summed E-state index contributed by atoms with van der Waals surface area (Å²) in [5.41, 5.74) is 11.4. The molecular weight excluding hydrogens is 792 g/mol. The Labute approximate surface area is 366 Å². The zero-order chi connectivity index (χ0) is 44.8. The maximum Gasteiger partial charge on any atom is 0.160 e. The molecule has 0 bridgehead atoms. The third-order valence-electron chi connectivity index (χ3n) is 10.9. The molecule has 0 spiro atoms. The highest BCUT2D eigenvalue weighted by atomic mass is 19.1. The molecule has 0 saturated carbocycles. The van der Waals surface area contributed by atoms with E-state index in [9.17, 15) is 4.39 Å². The first kappa shape index (κ1) is 43.6. The van der Waals surface area contributed by atoms with E-state index in [0.717, 1.165) is 112 Å². The lowest BCUT2D eigenvalue weighted by molar-refractivity contribution is 0.412. The van der Waals surface area contributed by atoms with Crippen molar-refractivity contribution in [3.8, 4) is 57.2 Å². The fourth-order valence-corrected chi connectivity index (χ4v) is 7.38. The number of rotatable bonds is 7. The van der Waals surface area contributed by atoms with Gasteiger partial charge in [-0.15, -0.1) is 0 Å². The maximum atomic E-state index is 13.0. The summed E-state index contributed by atoms with van der Waals surface area (Å²) in [5.74, 6) is 5.10. The predicted molar refractivity (Wildman–Crippen MR) is 250 cm³/mol. The van der Waals surface area contributed by atoms with Crippen molar-refractivity contribution in [3.05, 3.63) is 155 Å². The third kappa shape index (κ3) is 9.23. The molecule has 3 heterocycles. The minimum Gasteiger partial charge on any atom is -0.497 e. The van der Waals surface area contributed by atoms with Crippen molar-refractivity contribution in [1.29, 1.82) is 0 Å². The molecule has 0 radical (unpaired) electrons. The van der Waals surface area contributed by atoms with Gasteiger partial charge in [0.05, 0.1) is 45.0 Å². The first-order chi connectivity index (χ1) is 30.4. The van der Waals surface area contributed by atoms with E-state index < -0.39 is 0 Å². The van der Waals surface area contributed by atoms with Gasteiger partial charge in [0.1, 0.15) is 28.8 Å². The summed E-state index contributed by atoms with van der Waals surface area (Å²) in [4.78, 5) is 27.9. The summed E-state index contributed by atoms with van der Waals surface area (Å²) in [6.07, 6.45) is 0. The van der Waals surface area contributed by atoms with Crippen LogP contribution in [0.4, 0.5) is 4.39 Å². The molecule has 9 rings (SSSR count). The van der Waals surface area contributed by atoms with Gasteiger partial charge in [-0.25, -0.2) is 34.3 Å². The van der Waals surface area contributed by atoms with Crippen LogP contribution < -0.4 is 18.9 Å². The molecule has 0 N–H and O–H groups in total. The highest BCUT2D eigenvalue weighted by Gasteiger charge is 2.14. The van der Waals surface area contributed by atoms with Gasteiger partial charge in [0.2, 0.25) is 0 Å². The fourth-order valence-electron chi connectivity index (χ4n) is 7.38. The van der Waals surface area contributed by atoms with Crippen molar-refractivity contribution >= 4 is 32.7 Å². The van der Waals surface area contributed by atoms with Gasteiger partial charge < -0.3 is 18.9 Å². The lowest BCUT2D eigenvalue weighted by Crippen LogP contribution is -1.97. The van der Waals surface area contributed by atoms with Gasteiger partial charge in [-0.05, 0) is 126 Å². The highest BCUT2D eigenvalue weighted by Crippen LogP contribution is 2.32. The van der Waals surface area contributed by atoms with Gasteiger partial charge in [0, 0.05) is 66.6 Å². The molecule has 11 heteroatoms. The molecule has 0 atom stereocenters. The first-order valence-corrected chi connectivity index (χ1v) is 20.4. The molecule has 6 aromatic carbocycles. The van der Waals surface area contributed by atoms with Crippen LogP contribution in [-0.2, 0) is 0 Å². The van der Waals surface area contributed by atoms with E-state index in [0.29, 0.717) is 11.6 Å². The Morgan fingerprint density at radius 3 is 1.02 bits per heavy atom. The van der Waals surface area contributed by atoms with Crippen molar-refractivity contribution in [1.82, 2.24) is 29.9 Å². The number of fused-ring (bicyclic) bond motifs is 3. The number of hydrogen-bond donors (Lipinski definition) is 0. The quantitative estimate of drug-likeness (QED) is 0.154. The van der Waals surface area contributed by atoms with Crippen molar-refractivity contribution in [2.24, 2.45) is 0 Å². The van der Waals surface area contributed by atoms with Crippen LogP contribution in [0.25, 0.3) is 66.9 Å². The molecule has 10 nitrogen and oxygen atoms in total. The van der Waals surface area contributed by atoms with E-state index >= 15 is 0 Å². The van der Waals surface area contributed by atoms with E-state index in [1.54, 1.807) is 40.6 Å². The molecule has 0 aliphatic carbocycles. The average Bonchev–Trinajstić information content (AvgIpc) is 3.31. The maximum absolute atomic E-state index is 13.0. The standard InChI is InChI=1S/C18H18N2O2.C17H15FN2O.C17H16N2O/c1-11-16(22-4)10-9-15-12(2)19-18(20-17(11)15)13-5-7-14(21-3)8-6-13;1-10-15(21-3)9-8-14-11(2)19-17(20-16(10)14)12-4-6-13(18)7-5-12;1-11-15(20-3)10-9-14-12(2)18-17(19-16(11)14)13-7-5-4-6-8-13/h5-10H,1-4H3;4-9H,1-3H3;4-10H,1-3H3. The minimum atomic E-state index is -0.269. The molecule has 3 aromatic heterocycles. The Kier molecular flexibility index (Phi) is 13.2. The van der Waals surface area contributed by atoms with Crippen molar-refractivity contribution < 1.29 is 23.3 Å². The van der Waals surface area contributed by atoms with Crippen LogP contribution in [0.2, 0.25) is 0 Å². The lowest BCUT2D eigenvalue weighted by atomic mass is 10.1. The summed E-state index contributed by atoms with van der Waals surface area (Å²) >= 11 is 0. The van der Waals surface area contributed by atoms with Crippen LogP contribution in [0.1, 0.15) is 33.8 Å². The Balaban J connectivity index is 0.000000142. The van der Waals surface area contributed by atoms with Crippen LogP contribution in [0.3, 0.4) is 0 Å². The first-order valence-electron chi connectivity index (χ1n) is 20.4. The summed E-state index contributed by atoms with van der Waals surface area (Å²) in [5, 5.41) is 3.12. The topological polar surface area (TPSA) is 114 Å². The van der Waals surface area contributed by atoms with Crippen molar-refractivity contribution in [2.75, 3.05) is 28.4 Å². The molecule has 0 fully saturated rings. The summed E-state index contributed by atoms with van der Waals surface area (Å²) in [7, 11) is 6.65. The monoisotopic (exact) mass is 840 g/mol. The molecule has 0 amide bonds. The normalized spacial score (nSPS) is 10.8. The fraction of sp³-hybridized carbons (Fsp3) is 0.192. The van der Waals surface area contributed by atoms with Gasteiger partial charge >= 0.3 is 0 Å². The minimum absolute atomic E-state index is 0.269. The van der Waals surface area contributed by atoms with E-state index in [2.05, 4.69) is 19.9 Å². The molecule has 9 aromatic rings. The molecular formula is C52H49FN6O4. The summed E-state index contributed by atoms with van der Waals surface area (Å²) < 4.78 is 34.3. The van der Waals surface area contributed by atoms with Crippen LogP contribution >= 0.6 is 0 Å². The predicted octanol–water partition coefficient (Wildman–Crippen LogP) is 11.9. The number of aromatic nitrogens is 6. The van der Waals surface area contributed by atoms with E-state index in [-0.39, 0.29) is 5.82 Å². The van der Waals surface area contributed by atoms with Gasteiger partial charge in [-0.1, -0.05) is 30.3 Å². The Bertz CT molecular complexity index is 3070. The Morgan fingerprint density at radius 2 is 0.683 bits per heavy atom. The number of nitrogens with zero attached hydrogens (tertiary/aromatic N) is 6. The molecule has 0 unspecified atom stereocenters. The highest BCUT2D eigenvalue weighted by molar-refractivity contribution is 5.89. The SMILES string of the molecule is COc1ccc(-c2nc(C)c3ccc(OC)c(C)c3n2)cc1.COc1ccc2c(C)nc(-c3ccc(F)cc3)nc2c1C.COc1ccc2c(C)nc(-c3ccccc3)nc2c1C. The molecule has 0 aliphatic rings. The third-order valence-corrected chi connectivity index (χ3v) is 10.9. The van der Waals surface area contributed by atoms with E-state index in [1.165, 1.54) is 12.1 Å². The van der Waals surface area contributed by atoms with Gasteiger partial charge in [0.25, 0.3) is 0 Å². The van der Waals surface area contributed by atoms with Crippen LogP contribution in [0, 0.1) is 47.4 Å². The number of methoxy groups -OCH3 is 4. The van der Waals surface area contributed by atoms with Crippen LogP contribution in [0.5, 0.6) is 23.0 Å². The number of ether oxygens (including phenoxy) is 4. The van der Waals surface area contributed by atoms with Gasteiger partial charge in [-0.3, -0.25) is 0 Å². The van der Waals surface area contributed by atoms with Crippen LogP contribution in [0.15, 0.2) is 115 Å². The van der Waals surface area contributed by atoms with Crippen molar-refractivity contribution in [3.63, 3.8) is 0 Å². The average molecular weight is 841 g/mol. The second-order valence-corrected chi connectivity index (χ2v) is 14.9. The van der Waals surface area contributed by atoms with Crippen LogP contribution in [-0.4, -0.2) is 58.3 Å². The Morgan fingerprint density at radius 1 is 0.349 bits per heavy atom. The molecule has 63 heavy (non-hydrogen) atoms. The smallest absolute Gasteiger partial charge is 0.160 e.